The predicted molar refractivity (Wildman–Crippen MR) is 55.5 cm³/mol. The summed E-state index contributed by atoms with van der Waals surface area (Å²) in [5.74, 6) is 0. The minimum atomic E-state index is -0.932. The largest absolute Gasteiger partial charge is 0.390 e. The summed E-state index contributed by atoms with van der Waals surface area (Å²) in [7, 11) is 0. The van der Waals surface area contributed by atoms with Crippen LogP contribution >= 0.6 is 0 Å². The molecule has 0 bridgehead atoms. The SMILES string of the molecule is [CH2]C(O)C(O)CNCc1ccccc1. The lowest BCUT2D eigenvalue weighted by atomic mass is 10.2. The molecule has 3 heteroatoms. The summed E-state index contributed by atoms with van der Waals surface area (Å²) in [6.07, 6.45) is -1.74. The molecule has 14 heavy (non-hydrogen) atoms. The van der Waals surface area contributed by atoms with Gasteiger partial charge in [0, 0.05) is 13.1 Å². The van der Waals surface area contributed by atoms with E-state index in [1.807, 2.05) is 30.3 Å². The Labute approximate surface area is 84.4 Å². The maximum absolute atomic E-state index is 9.23. The zero-order valence-electron chi connectivity index (χ0n) is 8.06. The van der Waals surface area contributed by atoms with Crippen molar-refractivity contribution in [1.29, 1.82) is 0 Å². The van der Waals surface area contributed by atoms with E-state index >= 15 is 0 Å². The number of hydrogen-bond donors (Lipinski definition) is 3. The van der Waals surface area contributed by atoms with Crippen molar-refractivity contribution < 1.29 is 10.2 Å². The van der Waals surface area contributed by atoms with Gasteiger partial charge in [0.2, 0.25) is 0 Å². The third-order valence-electron chi connectivity index (χ3n) is 1.97. The quantitative estimate of drug-likeness (QED) is 0.633. The van der Waals surface area contributed by atoms with Crippen molar-refractivity contribution in [2.24, 2.45) is 0 Å². The Hall–Kier alpha value is -0.900. The van der Waals surface area contributed by atoms with Crippen LogP contribution in [0.15, 0.2) is 30.3 Å². The van der Waals surface area contributed by atoms with Gasteiger partial charge >= 0.3 is 0 Å². The van der Waals surface area contributed by atoms with Crippen LogP contribution in [0.4, 0.5) is 0 Å². The van der Waals surface area contributed by atoms with E-state index < -0.39 is 12.2 Å². The molecule has 0 aliphatic carbocycles. The molecule has 0 aliphatic heterocycles. The lowest BCUT2D eigenvalue weighted by Gasteiger charge is -2.13. The Balaban J connectivity index is 2.22. The van der Waals surface area contributed by atoms with E-state index in [0.29, 0.717) is 13.1 Å². The highest BCUT2D eigenvalue weighted by molar-refractivity contribution is 5.14. The summed E-state index contributed by atoms with van der Waals surface area (Å²) in [4.78, 5) is 0. The van der Waals surface area contributed by atoms with Gasteiger partial charge in [0.05, 0.1) is 12.2 Å². The highest BCUT2D eigenvalue weighted by atomic mass is 16.3. The van der Waals surface area contributed by atoms with Gasteiger partial charge in [-0.1, -0.05) is 30.3 Å². The number of aliphatic hydroxyl groups is 2. The molecule has 0 saturated heterocycles. The number of benzene rings is 1. The molecule has 2 unspecified atom stereocenters. The minimum Gasteiger partial charge on any atom is -0.390 e. The average Bonchev–Trinajstić information content (AvgIpc) is 2.19. The van der Waals surface area contributed by atoms with E-state index in [-0.39, 0.29) is 0 Å². The molecule has 3 nitrogen and oxygen atoms in total. The fraction of sp³-hybridized carbons (Fsp3) is 0.364. The van der Waals surface area contributed by atoms with Crippen LogP contribution < -0.4 is 5.32 Å². The van der Waals surface area contributed by atoms with E-state index in [1.165, 1.54) is 0 Å². The average molecular weight is 194 g/mol. The Kier molecular flexibility index (Phi) is 4.59. The van der Waals surface area contributed by atoms with Gasteiger partial charge in [-0.25, -0.2) is 0 Å². The van der Waals surface area contributed by atoms with Crippen molar-refractivity contribution in [3.05, 3.63) is 42.8 Å². The van der Waals surface area contributed by atoms with Crippen molar-refractivity contribution in [3.63, 3.8) is 0 Å². The second-order valence-corrected chi connectivity index (χ2v) is 3.25. The molecular weight excluding hydrogens is 178 g/mol. The molecule has 1 rings (SSSR count). The number of rotatable bonds is 5. The molecule has 1 aromatic rings. The zero-order valence-corrected chi connectivity index (χ0v) is 8.06. The topological polar surface area (TPSA) is 52.5 Å². The summed E-state index contributed by atoms with van der Waals surface area (Å²) in [5, 5.41) is 21.2. The smallest absolute Gasteiger partial charge is 0.0923 e. The highest BCUT2D eigenvalue weighted by Crippen LogP contribution is 1.97. The van der Waals surface area contributed by atoms with Gasteiger partial charge < -0.3 is 15.5 Å². The molecule has 0 aromatic heterocycles. The van der Waals surface area contributed by atoms with Crippen LogP contribution in [-0.2, 0) is 6.54 Å². The lowest BCUT2D eigenvalue weighted by molar-refractivity contribution is 0.0472. The predicted octanol–water partition coefficient (Wildman–Crippen LogP) is 0.332. The molecule has 0 saturated carbocycles. The fourth-order valence-electron chi connectivity index (χ4n) is 1.10. The van der Waals surface area contributed by atoms with E-state index in [0.717, 1.165) is 5.56 Å². The molecule has 0 amide bonds. The molecule has 0 heterocycles. The van der Waals surface area contributed by atoms with Crippen LogP contribution in [0.3, 0.4) is 0 Å². The molecule has 0 aliphatic rings. The van der Waals surface area contributed by atoms with Crippen LogP contribution in [0.2, 0.25) is 0 Å². The molecule has 2 atom stereocenters. The molecule has 77 valence electrons. The van der Waals surface area contributed by atoms with Gasteiger partial charge in [0.25, 0.3) is 0 Å². The van der Waals surface area contributed by atoms with E-state index in [4.69, 9.17) is 5.11 Å². The van der Waals surface area contributed by atoms with E-state index in [1.54, 1.807) is 0 Å². The van der Waals surface area contributed by atoms with Gasteiger partial charge in [-0.2, -0.15) is 0 Å². The summed E-state index contributed by atoms with van der Waals surface area (Å²) >= 11 is 0. The Morgan fingerprint density at radius 3 is 2.43 bits per heavy atom. The Bertz CT molecular complexity index is 249. The first-order chi connectivity index (χ1) is 6.70. The van der Waals surface area contributed by atoms with Crippen LogP contribution in [0, 0.1) is 6.92 Å². The summed E-state index contributed by atoms with van der Waals surface area (Å²) in [6, 6.07) is 9.88. The first kappa shape index (κ1) is 11.2. The first-order valence-electron chi connectivity index (χ1n) is 4.64. The number of aliphatic hydroxyl groups excluding tert-OH is 2. The van der Waals surface area contributed by atoms with Gasteiger partial charge in [0.15, 0.2) is 0 Å². The normalized spacial score (nSPS) is 15.1. The molecule has 0 fully saturated rings. The second-order valence-electron chi connectivity index (χ2n) is 3.25. The maximum Gasteiger partial charge on any atom is 0.0923 e. The second kappa shape index (κ2) is 5.75. The summed E-state index contributed by atoms with van der Waals surface area (Å²) in [5.41, 5.74) is 1.15. The molecule has 3 N–H and O–H groups in total. The number of nitrogens with one attached hydrogen (secondary N) is 1. The standard InChI is InChI=1S/C11H16NO2/c1-9(13)11(14)8-12-7-10-5-3-2-4-6-10/h2-6,9,11-14H,1,7-8H2. The van der Waals surface area contributed by atoms with Crippen molar-refractivity contribution in [2.45, 2.75) is 18.8 Å². The van der Waals surface area contributed by atoms with Gasteiger partial charge in [-0.3, -0.25) is 0 Å². The fourth-order valence-corrected chi connectivity index (χ4v) is 1.10. The third kappa shape index (κ3) is 3.87. The van der Waals surface area contributed by atoms with Gasteiger partial charge in [-0.15, -0.1) is 0 Å². The Morgan fingerprint density at radius 2 is 1.86 bits per heavy atom. The third-order valence-corrected chi connectivity index (χ3v) is 1.97. The van der Waals surface area contributed by atoms with Gasteiger partial charge in [0.1, 0.15) is 0 Å². The summed E-state index contributed by atoms with van der Waals surface area (Å²) in [6.45, 7) is 4.36. The van der Waals surface area contributed by atoms with Crippen molar-refractivity contribution >= 4 is 0 Å². The van der Waals surface area contributed by atoms with Crippen LogP contribution in [-0.4, -0.2) is 29.0 Å². The van der Waals surface area contributed by atoms with Crippen LogP contribution in [0.25, 0.3) is 0 Å². The maximum atomic E-state index is 9.23. The van der Waals surface area contributed by atoms with E-state index in [9.17, 15) is 5.11 Å². The van der Waals surface area contributed by atoms with Gasteiger partial charge in [-0.05, 0) is 12.5 Å². The van der Waals surface area contributed by atoms with E-state index in [2.05, 4.69) is 12.2 Å². The van der Waals surface area contributed by atoms with Crippen LogP contribution in [0.1, 0.15) is 5.56 Å². The minimum absolute atomic E-state index is 0.347. The number of hydrogen-bond acceptors (Lipinski definition) is 3. The summed E-state index contributed by atoms with van der Waals surface area (Å²) < 4.78 is 0. The monoisotopic (exact) mass is 194 g/mol. The molecule has 1 aromatic carbocycles. The molecule has 0 spiro atoms. The zero-order chi connectivity index (χ0) is 10.4. The highest BCUT2D eigenvalue weighted by Gasteiger charge is 2.09. The van der Waals surface area contributed by atoms with Crippen LogP contribution in [0.5, 0.6) is 0 Å². The lowest BCUT2D eigenvalue weighted by Crippen LogP contribution is -2.34. The first-order valence-corrected chi connectivity index (χ1v) is 4.64. The molecule has 1 radical (unpaired) electrons. The van der Waals surface area contributed by atoms with Crippen molar-refractivity contribution in [2.75, 3.05) is 6.54 Å². The molecular formula is C11H16NO2. The van der Waals surface area contributed by atoms with Crippen molar-refractivity contribution in [1.82, 2.24) is 5.32 Å². The Morgan fingerprint density at radius 1 is 1.21 bits per heavy atom. The van der Waals surface area contributed by atoms with Crippen molar-refractivity contribution in [3.8, 4) is 0 Å².